The van der Waals surface area contributed by atoms with Gasteiger partial charge in [0.25, 0.3) is 0 Å². The van der Waals surface area contributed by atoms with Crippen LogP contribution in [0, 0.1) is 6.92 Å². The monoisotopic (exact) mass is 496 g/mol. The third-order valence-corrected chi connectivity index (χ3v) is 6.90. The smallest absolute Gasteiger partial charge is 0.315 e. The van der Waals surface area contributed by atoms with Crippen LogP contribution >= 0.6 is 11.6 Å². The molecule has 1 atom stereocenters. The van der Waals surface area contributed by atoms with Gasteiger partial charge < -0.3 is 9.72 Å². The first-order valence-electron chi connectivity index (χ1n) is 11.2. The van der Waals surface area contributed by atoms with Crippen molar-refractivity contribution in [3.8, 4) is 22.4 Å². The fourth-order valence-electron chi connectivity index (χ4n) is 4.77. The Labute approximate surface area is 203 Å². The minimum Gasteiger partial charge on any atom is -0.315 e. The van der Waals surface area contributed by atoms with Crippen molar-refractivity contribution in [3.05, 3.63) is 71.4 Å². The maximum absolute atomic E-state index is 13.8. The van der Waals surface area contributed by atoms with E-state index in [0.29, 0.717) is 22.9 Å². The molecular formula is C25H20ClF3N6. The third kappa shape index (κ3) is 3.66. The van der Waals surface area contributed by atoms with Crippen LogP contribution in [0.15, 0.2) is 55.1 Å². The molecule has 1 aliphatic rings. The number of aromatic nitrogens is 5. The Hall–Kier alpha value is -3.43. The van der Waals surface area contributed by atoms with E-state index in [-0.39, 0.29) is 16.3 Å². The molecule has 1 fully saturated rings. The Bertz CT molecular complexity index is 1580. The first-order valence-corrected chi connectivity index (χ1v) is 11.6. The van der Waals surface area contributed by atoms with Gasteiger partial charge in [0.1, 0.15) is 5.65 Å². The molecule has 0 saturated carbocycles. The zero-order valence-corrected chi connectivity index (χ0v) is 19.4. The Morgan fingerprint density at radius 2 is 2.00 bits per heavy atom. The Morgan fingerprint density at radius 1 is 1.14 bits per heavy atom. The van der Waals surface area contributed by atoms with Gasteiger partial charge in [-0.25, -0.2) is 4.98 Å². The molecule has 5 heterocycles. The minimum atomic E-state index is -4.56. The maximum atomic E-state index is 13.8. The maximum Gasteiger partial charge on any atom is 0.417 e. The van der Waals surface area contributed by atoms with Gasteiger partial charge in [-0.3, -0.25) is 9.67 Å². The van der Waals surface area contributed by atoms with Crippen LogP contribution in [-0.2, 0) is 6.18 Å². The summed E-state index contributed by atoms with van der Waals surface area (Å²) in [7, 11) is 0. The van der Waals surface area contributed by atoms with Crippen LogP contribution in [0.5, 0.6) is 0 Å². The first kappa shape index (κ1) is 22.1. The summed E-state index contributed by atoms with van der Waals surface area (Å²) in [5, 5.41) is 8.60. The Balaban J connectivity index is 1.52. The van der Waals surface area contributed by atoms with Crippen LogP contribution < -0.4 is 5.32 Å². The SMILES string of the molecule is Cc1c(-c2c(Cl)cccc2C(F)(F)F)nc2c3cc(-c4cnn([C@H]5CCNC5)c4)cnc3ccn12. The lowest BCUT2D eigenvalue weighted by Gasteiger charge is -2.13. The average Bonchev–Trinajstić information content (AvgIpc) is 3.58. The molecule has 0 radical (unpaired) electrons. The molecular weight excluding hydrogens is 477 g/mol. The van der Waals surface area contributed by atoms with E-state index >= 15 is 0 Å². The number of aryl methyl sites for hydroxylation is 1. The van der Waals surface area contributed by atoms with Gasteiger partial charge in [-0.15, -0.1) is 0 Å². The summed E-state index contributed by atoms with van der Waals surface area (Å²) in [6.45, 7) is 3.59. The van der Waals surface area contributed by atoms with Gasteiger partial charge in [-0.2, -0.15) is 18.3 Å². The highest BCUT2D eigenvalue weighted by molar-refractivity contribution is 6.33. The lowest BCUT2D eigenvalue weighted by atomic mass is 10.0. The number of nitrogens with one attached hydrogen (secondary N) is 1. The summed E-state index contributed by atoms with van der Waals surface area (Å²) in [5.41, 5.74) is 2.82. The van der Waals surface area contributed by atoms with Crippen LogP contribution in [0.25, 0.3) is 38.9 Å². The van der Waals surface area contributed by atoms with Gasteiger partial charge in [0.2, 0.25) is 0 Å². The summed E-state index contributed by atoms with van der Waals surface area (Å²) in [6.07, 6.45) is 3.82. The van der Waals surface area contributed by atoms with Gasteiger partial charge in [-0.1, -0.05) is 17.7 Å². The summed E-state index contributed by atoms with van der Waals surface area (Å²) in [4.78, 5) is 9.25. The summed E-state index contributed by atoms with van der Waals surface area (Å²) < 4.78 is 45.1. The molecule has 0 bridgehead atoms. The van der Waals surface area contributed by atoms with Crippen molar-refractivity contribution in [1.29, 1.82) is 0 Å². The largest absolute Gasteiger partial charge is 0.417 e. The van der Waals surface area contributed by atoms with Crippen LogP contribution in [0.1, 0.15) is 23.7 Å². The molecule has 0 unspecified atom stereocenters. The van der Waals surface area contributed by atoms with E-state index in [2.05, 4.69) is 20.4 Å². The molecule has 0 aliphatic carbocycles. The van der Waals surface area contributed by atoms with E-state index < -0.39 is 11.7 Å². The van der Waals surface area contributed by atoms with E-state index in [4.69, 9.17) is 11.6 Å². The van der Waals surface area contributed by atoms with Gasteiger partial charge in [-0.05, 0) is 44.2 Å². The van der Waals surface area contributed by atoms with Gasteiger partial charge in [0.05, 0.1) is 34.0 Å². The molecule has 35 heavy (non-hydrogen) atoms. The number of rotatable bonds is 3. The van der Waals surface area contributed by atoms with E-state index in [1.807, 2.05) is 29.2 Å². The van der Waals surface area contributed by atoms with Gasteiger partial charge in [0.15, 0.2) is 0 Å². The minimum absolute atomic E-state index is 0.00303. The third-order valence-electron chi connectivity index (χ3n) is 6.59. The Kier molecular flexibility index (Phi) is 5.08. The highest BCUT2D eigenvalue weighted by atomic mass is 35.5. The van der Waals surface area contributed by atoms with Crippen LogP contribution in [0.2, 0.25) is 5.02 Å². The second kappa shape index (κ2) is 8.07. The summed E-state index contributed by atoms with van der Waals surface area (Å²) in [6, 6.07) is 7.88. The summed E-state index contributed by atoms with van der Waals surface area (Å²) in [5.74, 6) is 0. The van der Waals surface area contributed by atoms with Crippen LogP contribution in [0.3, 0.4) is 0 Å². The first-order chi connectivity index (χ1) is 16.8. The molecule has 1 aromatic carbocycles. The number of nitrogens with zero attached hydrogens (tertiary/aromatic N) is 5. The average molecular weight is 497 g/mol. The second-order valence-corrected chi connectivity index (χ2v) is 9.13. The molecule has 10 heteroatoms. The van der Waals surface area contributed by atoms with E-state index in [1.165, 1.54) is 12.1 Å². The number of alkyl halides is 3. The predicted molar refractivity (Wildman–Crippen MR) is 128 cm³/mol. The molecule has 4 aromatic heterocycles. The highest BCUT2D eigenvalue weighted by Gasteiger charge is 2.36. The quantitative estimate of drug-likeness (QED) is 0.336. The molecule has 6 nitrogen and oxygen atoms in total. The number of benzene rings is 1. The van der Waals surface area contributed by atoms with Crippen molar-refractivity contribution >= 4 is 28.2 Å². The van der Waals surface area contributed by atoms with Crippen molar-refractivity contribution in [2.24, 2.45) is 0 Å². The number of fused-ring (bicyclic) bond motifs is 3. The number of hydrogen-bond acceptors (Lipinski definition) is 4. The molecule has 0 amide bonds. The van der Waals surface area contributed by atoms with Crippen LogP contribution in [-0.4, -0.2) is 37.2 Å². The second-order valence-electron chi connectivity index (χ2n) is 8.73. The molecule has 1 N–H and O–H groups in total. The van der Waals surface area contributed by atoms with Crippen molar-refractivity contribution < 1.29 is 13.2 Å². The molecule has 1 aliphatic heterocycles. The lowest BCUT2D eigenvalue weighted by molar-refractivity contribution is -0.137. The number of halogens is 4. The van der Waals surface area contributed by atoms with Crippen LogP contribution in [0.4, 0.5) is 13.2 Å². The zero-order valence-electron chi connectivity index (χ0n) is 18.6. The Morgan fingerprint density at radius 3 is 2.77 bits per heavy atom. The van der Waals surface area contributed by atoms with E-state index in [0.717, 1.165) is 42.1 Å². The number of imidazole rings is 1. The molecule has 6 rings (SSSR count). The standard InChI is InChI=1S/C25H20ClF3N6/c1-14-23(22-19(25(27,28)29)3-2-4-20(22)26)33-24-18-9-15(10-31-21(18)6-8-34(14)24)16-11-32-35(13-16)17-5-7-30-12-17/h2-4,6,8-11,13,17,30H,5,7,12H2,1H3/t17-/m0/s1. The molecule has 178 valence electrons. The van der Waals surface area contributed by atoms with Crippen molar-refractivity contribution in [2.75, 3.05) is 13.1 Å². The number of hydrogen-bond donors (Lipinski definition) is 1. The van der Waals surface area contributed by atoms with Crippen molar-refractivity contribution in [3.63, 3.8) is 0 Å². The fourth-order valence-corrected chi connectivity index (χ4v) is 5.03. The van der Waals surface area contributed by atoms with Gasteiger partial charge >= 0.3 is 6.18 Å². The lowest BCUT2D eigenvalue weighted by Crippen LogP contribution is -2.13. The van der Waals surface area contributed by atoms with Crippen molar-refractivity contribution in [1.82, 2.24) is 29.5 Å². The molecule has 1 saturated heterocycles. The predicted octanol–water partition coefficient (Wildman–Crippen LogP) is 5.93. The normalized spacial score (nSPS) is 16.5. The highest BCUT2D eigenvalue weighted by Crippen LogP contribution is 2.42. The topological polar surface area (TPSA) is 60.0 Å². The summed E-state index contributed by atoms with van der Waals surface area (Å²) >= 11 is 6.27. The van der Waals surface area contributed by atoms with E-state index in [9.17, 15) is 13.2 Å². The molecule has 5 aromatic rings. The fraction of sp³-hybridized carbons (Fsp3) is 0.240. The zero-order chi connectivity index (χ0) is 24.3. The van der Waals surface area contributed by atoms with Gasteiger partial charge in [0, 0.05) is 52.9 Å². The van der Waals surface area contributed by atoms with Crippen molar-refractivity contribution in [2.45, 2.75) is 25.6 Å². The number of pyridine rings is 2. The van der Waals surface area contributed by atoms with E-state index in [1.54, 1.807) is 23.7 Å². The molecule has 0 spiro atoms.